The third kappa shape index (κ3) is 4.47. The van der Waals surface area contributed by atoms with Crippen LogP contribution in [0.25, 0.3) is 0 Å². The highest BCUT2D eigenvalue weighted by atomic mass is 32.1. The van der Waals surface area contributed by atoms with Crippen LogP contribution in [0.2, 0.25) is 0 Å². The van der Waals surface area contributed by atoms with Crippen LogP contribution in [0.4, 0.5) is 0 Å². The van der Waals surface area contributed by atoms with E-state index in [-0.39, 0.29) is 0 Å². The molecule has 0 saturated carbocycles. The molecule has 2 aromatic rings. The van der Waals surface area contributed by atoms with Crippen LogP contribution in [-0.4, -0.2) is 32.4 Å². The van der Waals surface area contributed by atoms with Gasteiger partial charge < -0.3 is 19.9 Å². The monoisotopic (exact) mass is 321 g/mol. The smallest absolute Gasteiger partial charge is 0.160 e. The first-order valence-electron chi connectivity index (χ1n) is 7.30. The number of ether oxygens (including phenoxy) is 2. The lowest BCUT2D eigenvalue weighted by molar-refractivity contribution is 0.179. The number of hydrogen-bond acceptors (Lipinski definition) is 5. The Balaban J connectivity index is 1.79. The van der Waals surface area contributed by atoms with Crippen LogP contribution in [0.1, 0.15) is 21.4 Å². The van der Waals surface area contributed by atoms with Crippen molar-refractivity contribution in [2.24, 2.45) is 0 Å². The number of benzene rings is 1. The molecule has 0 amide bonds. The van der Waals surface area contributed by atoms with Crippen LogP contribution < -0.4 is 14.8 Å². The summed E-state index contributed by atoms with van der Waals surface area (Å²) in [4.78, 5) is 2.23. The molecule has 22 heavy (non-hydrogen) atoms. The first kappa shape index (κ1) is 16.8. The van der Waals surface area contributed by atoms with Crippen molar-refractivity contribution < 1.29 is 14.6 Å². The fraction of sp³-hybridized carbons (Fsp3) is 0.412. The van der Waals surface area contributed by atoms with Gasteiger partial charge in [0, 0.05) is 16.3 Å². The molecular weight excluding hydrogens is 298 g/mol. The van der Waals surface area contributed by atoms with Crippen LogP contribution in [-0.2, 0) is 6.42 Å². The second-order valence-electron chi connectivity index (χ2n) is 5.11. The van der Waals surface area contributed by atoms with Crippen molar-refractivity contribution in [3.63, 3.8) is 0 Å². The minimum Gasteiger partial charge on any atom is -0.493 e. The van der Waals surface area contributed by atoms with Gasteiger partial charge in [0.05, 0.1) is 14.2 Å². The van der Waals surface area contributed by atoms with Gasteiger partial charge in [-0.1, -0.05) is 6.07 Å². The molecule has 0 unspecified atom stereocenters. The Morgan fingerprint density at radius 1 is 1.14 bits per heavy atom. The molecule has 0 saturated heterocycles. The summed E-state index contributed by atoms with van der Waals surface area (Å²) in [5, 5.41) is 13.4. The van der Waals surface area contributed by atoms with Crippen LogP contribution in [0.5, 0.6) is 11.5 Å². The maximum Gasteiger partial charge on any atom is 0.160 e. The van der Waals surface area contributed by atoms with Gasteiger partial charge >= 0.3 is 0 Å². The molecule has 0 spiro atoms. The number of hydrogen-bond donors (Lipinski definition) is 2. The largest absolute Gasteiger partial charge is 0.493 e. The number of aliphatic hydroxyl groups excluding tert-OH is 1. The third-order valence-corrected chi connectivity index (χ3v) is 4.57. The van der Waals surface area contributed by atoms with Gasteiger partial charge in [0.15, 0.2) is 11.5 Å². The second-order valence-corrected chi connectivity index (χ2v) is 6.43. The van der Waals surface area contributed by atoms with Gasteiger partial charge in [0.25, 0.3) is 0 Å². The Morgan fingerprint density at radius 2 is 1.91 bits per heavy atom. The van der Waals surface area contributed by atoms with Gasteiger partial charge in [0.1, 0.15) is 6.10 Å². The van der Waals surface area contributed by atoms with Gasteiger partial charge in [-0.05, 0) is 49.7 Å². The van der Waals surface area contributed by atoms with Crippen molar-refractivity contribution in [1.29, 1.82) is 0 Å². The van der Waals surface area contributed by atoms with E-state index < -0.39 is 6.10 Å². The third-order valence-electron chi connectivity index (χ3n) is 3.47. The number of methoxy groups -OCH3 is 2. The molecule has 0 aliphatic rings. The van der Waals surface area contributed by atoms with Crippen molar-refractivity contribution >= 4 is 11.3 Å². The lowest BCUT2D eigenvalue weighted by atomic mass is 10.1. The summed E-state index contributed by atoms with van der Waals surface area (Å²) in [6, 6.07) is 9.95. The normalized spacial score (nSPS) is 12.2. The molecule has 4 nitrogen and oxygen atoms in total. The van der Waals surface area contributed by atoms with Crippen molar-refractivity contribution in [2.45, 2.75) is 19.4 Å². The molecule has 1 heterocycles. The highest BCUT2D eigenvalue weighted by molar-refractivity contribution is 7.12. The number of aryl methyl sites for hydroxylation is 1. The summed E-state index contributed by atoms with van der Waals surface area (Å²) >= 11 is 1.64. The SMILES string of the molecule is COc1ccc(CCNC[C@@H](O)c2ccc(C)s2)cc1OC. The van der Waals surface area contributed by atoms with Crippen LogP contribution in [0.15, 0.2) is 30.3 Å². The minimum absolute atomic E-state index is 0.441. The molecule has 0 aliphatic heterocycles. The highest BCUT2D eigenvalue weighted by Gasteiger charge is 2.09. The van der Waals surface area contributed by atoms with Gasteiger partial charge in [-0.15, -0.1) is 11.3 Å². The summed E-state index contributed by atoms with van der Waals surface area (Å²) in [6.07, 6.45) is 0.431. The summed E-state index contributed by atoms with van der Waals surface area (Å²) < 4.78 is 10.5. The number of nitrogens with one attached hydrogen (secondary N) is 1. The van der Waals surface area contributed by atoms with E-state index >= 15 is 0 Å². The molecule has 1 aromatic carbocycles. The molecule has 2 N–H and O–H groups in total. The van der Waals surface area contributed by atoms with Crippen molar-refractivity contribution in [2.75, 3.05) is 27.3 Å². The van der Waals surface area contributed by atoms with Crippen LogP contribution >= 0.6 is 11.3 Å². The van der Waals surface area contributed by atoms with E-state index in [0.717, 1.165) is 29.3 Å². The standard InChI is InChI=1S/C17H23NO3S/c1-12-4-7-17(22-12)14(19)11-18-9-8-13-5-6-15(20-2)16(10-13)21-3/h4-7,10,14,18-19H,8-9,11H2,1-3H3/t14-/m1/s1. The Morgan fingerprint density at radius 3 is 2.55 bits per heavy atom. The second kappa shape index (κ2) is 8.17. The Hall–Kier alpha value is -1.56. The molecule has 120 valence electrons. The lowest BCUT2D eigenvalue weighted by Gasteiger charge is -2.12. The van der Waals surface area contributed by atoms with Crippen LogP contribution in [0, 0.1) is 6.92 Å². The van der Waals surface area contributed by atoms with Gasteiger partial charge in [-0.2, -0.15) is 0 Å². The number of rotatable bonds is 8. The topological polar surface area (TPSA) is 50.7 Å². The summed E-state index contributed by atoms with van der Waals surface area (Å²) in [5.74, 6) is 1.48. The minimum atomic E-state index is -0.441. The van der Waals surface area contributed by atoms with Gasteiger partial charge in [0.2, 0.25) is 0 Å². The zero-order chi connectivity index (χ0) is 15.9. The first-order valence-corrected chi connectivity index (χ1v) is 8.11. The fourth-order valence-electron chi connectivity index (χ4n) is 2.24. The average molecular weight is 321 g/mol. The van der Waals surface area contributed by atoms with E-state index in [1.807, 2.05) is 37.3 Å². The lowest BCUT2D eigenvalue weighted by Crippen LogP contribution is -2.23. The molecule has 0 fully saturated rings. The molecule has 2 rings (SSSR count). The van der Waals surface area contributed by atoms with E-state index in [1.165, 1.54) is 10.4 Å². The highest BCUT2D eigenvalue weighted by Crippen LogP contribution is 2.27. The molecule has 1 atom stereocenters. The van der Waals surface area contributed by atoms with E-state index in [1.54, 1.807) is 25.6 Å². The zero-order valence-electron chi connectivity index (χ0n) is 13.3. The average Bonchev–Trinajstić information content (AvgIpc) is 2.97. The maximum absolute atomic E-state index is 10.1. The van der Waals surface area contributed by atoms with E-state index in [0.29, 0.717) is 6.54 Å². The van der Waals surface area contributed by atoms with Gasteiger partial charge in [-0.3, -0.25) is 0 Å². The van der Waals surface area contributed by atoms with Gasteiger partial charge in [-0.25, -0.2) is 0 Å². The first-order chi connectivity index (χ1) is 10.6. The number of aliphatic hydroxyl groups is 1. The van der Waals surface area contributed by atoms with Crippen molar-refractivity contribution in [1.82, 2.24) is 5.32 Å². The summed E-state index contributed by atoms with van der Waals surface area (Å²) in [5.41, 5.74) is 1.17. The van der Waals surface area contributed by atoms with Crippen molar-refractivity contribution in [3.8, 4) is 11.5 Å². The Bertz CT molecular complexity index is 597. The summed E-state index contributed by atoms with van der Waals surface area (Å²) in [6.45, 7) is 3.41. The predicted molar refractivity (Wildman–Crippen MR) is 90.1 cm³/mol. The Kier molecular flexibility index (Phi) is 6.24. The summed E-state index contributed by atoms with van der Waals surface area (Å²) in [7, 11) is 3.27. The molecule has 5 heteroatoms. The molecule has 0 radical (unpaired) electrons. The van der Waals surface area contributed by atoms with E-state index in [4.69, 9.17) is 9.47 Å². The van der Waals surface area contributed by atoms with E-state index in [9.17, 15) is 5.11 Å². The molecule has 1 aromatic heterocycles. The van der Waals surface area contributed by atoms with Crippen molar-refractivity contribution in [3.05, 3.63) is 45.6 Å². The molecular formula is C17H23NO3S. The fourth-order valence-corrected chi connectivity index (χ4v) is 3.10. The Labute approximate surface area is 135 Å². The zero-order valence-corrected chi connectivity index (χ0v) is 14.1. The number of thiophene rings is 1. The van der Waals surface area contributed by atoms with E-state index in [2.05, 4.69) is 5.32 Å². The maximum atomic E-state index is 10.1. The van der Waals surface area contributed by atoms with Crippen LogP contribution in [0.3, 0.4) is 0 Å². The quantitative estimate of drug-likeness (QED) is 0.734. The predicted octanol–water partition coefficient (Wildman–Crippen LogP) is 2.94. The molecule has 0 bridgehead atoms. The molecule has 0 aliphatic carbocycles.